The van der Waals surface area contributed by atoms with Gasteiger partial charge >= 0.3 is 0 Å². The topological polar surface area (TPSA) is 20.2 Å². The quantitative estimate of drug-likeness (QED) is 0.783. The van der Waals surface area contributed by atoms with Gasteiger partial charge in [0.1, 0.15) is 0 Å². The van der Waals surface area contributed by atoms with Crippen molar-refractivity contribution >= 4 is 0 Å². The Hall–Kier alpha value is -0.820. The third kappa shape index (κ3) is 1.59. The van der Waals surface area contributed by atoms with E-state index < -0.39 is 5.60 Å². The van der Waals surface area contributed by atoms with Gasteiger partial charge in [0.05, 0.1) is 5.60 Å². The first-order valence-electron chi connectivity index (χ1n) is 5.75. The largest absolute Gasteiger partial charge is 0.385 e. The lowest BCUT2D eigenvalue weighted by molar-refractivity contribution is -0.111. The van der Waals surface area contributed by atoms with Crippen LogP contribution in [0.25, 0.3) is 0 Å². The van der Waals surface area contributed by atoms with Crippen molar-refractivity contribution in [3.63, 3.8) is 0 Å². The Labute approximate surface area is 92.1 Å². The summed E-state index contributed by atoms with van der Waals surface area (Å²) < 4.78 is 0. The molecule has 0 bridgehead atoms. The van der Waals surface area contributed by atoms with Gasteiger partial charge in [0.15, 0.2) is 0 Å². The zero-order valence-corrected chi connectivity index (χ0v) is 9.88. The fraction of sp³-hybridized carbons (Fsp3) is 0.571. The molecule has 0 aromatic heterocycles. The summed E-state index contributed by atoms with van der Waals surface area (Å²) in [6, 6.07) is 8.26. The van der Waals surface area contributed by atoms with E-state index in [0.717, 1.165) is 18.4 Å². The summed E-state index contributed by atoms with van der Waals surface area (Å²) in [5.74, 6) is 0. The second-order valence-electron chi connectivity index (χ2n) is 5.35. The molecule has 1 unspecified atom stereocenters. The molecule has 1 heteroatoms. The predicted octanol–water partition coefficient (Wildman–Crippen LogP) is 3.39. The van der Waals surface area contributed by atoms with Crippen molar-refractivity contribution in [1.29, 1.82) is 0 Å². The average Bonchev–Trinajstić information content (AvgIpc) is 2.14. The third-order valence-corrected chi connectivity index (χ3v) is 4.25. The molecule has 0 amide bonds. The van der Waals surface area contributed by atoms with E-state index in [-0.39, 0.29) is 5.41 Å². The highest BCUT2D eigenvalue weighted by Gasteiger charge is 2.48. The lowest BCUT2D eigenvalue weighted by atomic mass is 9.58. The van der Waals surface area contributed by atoms with Crippen molar-refractivity contribution in [3.05, 3.63) is 35.4 Å². The molecule has 0 radical (unpaired) electrons. The van der Waals surface area contributed by atoms with Crippen molar-refractivity contribution in [2.45, 2.75) is 45.6 Å². The molecule has 0 aliphatic heterocycles. The summed E-state index contributed by atoms with van der Waals surface area (Å²) in [6.45, 7) is 6.22. The number of hydrogen-bond acceptors (Lipinski definition) is 1. The molecule has 1 nitrogen and oxygen atoms in total. The maximum Gasteiger partial charge on any atom is 0.0921 e. The van der Waals surface area contributed by atoms with E-state index in [2.05, 4.69) is 38.1 Å². The monoisotopic (exact) mass is 204 g/mol. The van der Waals surface area contributed by atoms with Gasteiger partial charge in [0.2, 0.25) is 0 Å². The highest BCUT2D eigenvalue weighted by Crippen LogP contribution is 2.53. The lowest BCUT2D eigenvalue weighted by Gasteiger charge is -2.49. The van der Waals surface area contributed by atoms with Crippen LogP contribution < -0.4 is 0 Å². The van der Waals surface area contributed by atoms with Gasteiger partial charge in [-0.15, -0.1) is 0 Å². The number of benzene rings is 1. The van der Waals surface area contributed by atoms with Crippen LogP contribution in [0.15, 0.2) is 24.3 Å². The maximum absolute atomic E-state index is 10.7. The third-order valence-electron chi connectivity index (χ3n) is 4.25. The van der Waals surface area contributed by atoms with Gasteiger partial charge in [-0.3, -0.25) is 0 Å². The Morgan fingerprint density at radius 2 is 1.73 bits per heavy atom. The molecular formula is C14H20O. The summed E-state index contributed by atoms with van der Waals surface area (Å²) >= 11 is 0. The molecule has 2 rings (SSSR count). The van der Waals surface area contributed by atoms with Gasteiger partial charge in [-0.1, -0.05) is 43.2 Å². The van der Waals surface area contributed by atoms with Gasteiger partial charge in [-0.2, -0.15) is 0 Å². The van der Waals surface area contributed by atoms with Crippen LogP contribution in [0.1, 0.15) is 44.2 Å². The Kier molecular flexibility index (Phi) is 2.38. The van der Waals surface area contributed by atoms with Crippen LogP contribution in [0.3, 0.4) is 0 Å². The second-order valence-corrected chi connectivity index (χ2v) is 5.35. The Morgan fingerprint density at radius 3 is 2.13 bits per heavy atom. The fourth-order valence-electron chi connectivity index (χ4n) is 2.42. The minimum Gasteiger partial charge on any atom is -0.385 e. The molecule has 1 fully saturated rings. The smallest absolute Gasteiger partial charge is 0.0921 e. The number of aryl methyl sites for hydroxylation is 1. The van der Waals surface area contributed by atoms with Crippen LogP contribution in [-0.2, 0) is 5.60 Å². The SMILES string of the molecule is Cc1ccc(C(C)(O)C2(C)CCC2)cc1. The van der Waals surface area contributed by atoms with E-state index in [0.29, 0.717) is 0 Å². The average molecular weight is 204 g/mol. The predicted molar refractivity (Wildman–Crippen MR) is 62.7 cm³/mol. The number of aliphatic hydroxyl groups is 1. The lowest BCUT2D eigenvalue weighted by Crippen LogP contribution is -2.46. The van der Waals surface area contributed by atoms with E-state index in [1.807, 2.05) is 6.92 Å². The molecule has 0 saturated heterocycles. The molecule has 1 atom stereocenters. The van der Waals surface area contributed by atoms with E-state index in [4.69, 9.17) is 0 Å². The zero-order chi connectivity index (χ0) is 11.1. The first-order chi connectivity index (χ1) is 6.96. The Morgan fingerprint density at radius 1 is 1.20 bits per heavy atom. The van der Waals surface area contributed by atoms with Crippen molar-refractivity contribution < 1.29 is 5.11 Å². The highest BCUT2D eigenvalue weighted by atomic mass is 16.3. The fourth-order valence-corrected chi connectivity index (χ4v) is 2.42. The molecule has 1 aliphatic carbocycles. The van der Waals surface area contributed by atoms with Crippen molar-refractivity contribution in [2.24, 2.45) is 5.41 Å². The number of hydrogen-bond donors (Lipinski definition) is 1. The minimum absolute atomic E-state index is 0.0717. The Balaban J connectivity index is 2.32. The van der Waals surface area contributed by atoms with Crippen LogP contribution in [0.4, 0.5) is 0 Å². The van der Waals surface area contributed by atoms with Crippen LogP contribution in [0.2, 0.25) is 0 Å². The van der Waals surface area contributed by atoms with Crippen molar-refractivity contribution in [2.75, 3.05) is 0 Å². The van der Waals surface area contributed by atoms with Crippen molar-refractivity contribution in [3.8, 4) is 0 Å². The van der Waals surface area contributed by atoms with Crippen LogP contribution >= 0.6 is 0 Å². The van der Waals surface area contributed by atoms with E-state index in [1.165, 1.54) is 12.0 Å². The van der Waals surface area contributed by atoms with E-state index >= 15 is 0 Å². The summed E-state index contributed by atoms with van der Waals surface area (Å²) in [5.41, 5.74) is 1.69. The number of rotatable bonds is 2. The molecule has 1 saturated carbocycles. The molecule has 0 spiro atoms. The highest BCUT2D eigenvalue weighted by molar-refractivity contribution is 5.28. The molecule has 82 valence electrons. The van der Waals surface area contributed by atoms with Crippen LogP contribution in [0.5, 0.6) is 0 Å². The summed E-state index contributed by atoms with van der Waals surface area (Å²) in [6.07, 6.45) is 3.51. The molecule has 0 heterocycles. The maximum atomic E-state index is 10.7. The van der Waals surface area contributed by atoms with Crippen molar-refractivity contribution in [1.82, 2.24) is 0 Å². The van der Waals surface area contributed by atoms with E-state index in [9.17, 15) is 5.11 Å². The molecule has 15 heavy (non-hydrogen) atoms. The van der Waals surface area contributed by atoms with Gasteiger partial charge in [0, 0.05) is 5.41 Å². The molecule has 1 N–H and O–H groups in total. The van der Waals surface area contributed by atoms with Gasteiger partial charge < -0.3 is 5.11 Å². The van der Waals surface area contributed by atoms with Gasteiger partial charge in [-0.05, 0) is 32.3 Å². The van der Waals surface area contributed by atoms with Gasteiger partial charge in [0.25, 0.3) is 0 Å². The summed E-state index contributed by atoms with van der Waals surface area (Å²) in [5, 5.41) is 10.7. The van der Waals surface area contributed by atoms with Gasteiger partial charge in [-0.25, -0.2) is 0 Å². The normalized spacial score (nSPS) is 22.9. The van der Waals surface area contributed by atoms with E-state index in [1.54, 1.807) is 0 Å². The first-order valence-corrected chi connectivity index (χ1v) is 5.75. The molecule has 1 aliphatic rings. The zero-order valence-electron chi connectivity index (χ0n) is 9.88. The minimum atomic E-state index is -0.682. The summed E-state index contributed by atoms with van der Waals surface area (Å²) in [7, 11) is 0. The van der Waals surface area contributed by atoms with Crippen LogP contribution in [-0.4, -0.2) is 5.11 Å². The first kappa shape index (κ1) is 10.7. The molecule has 1 aromatic rings. The summed E-state index contributed by atoms with van der Waals surface area (Å²) in [4.78, 5) is 0. The standard InChI is InChI=1S/C14H20O/c1-11-5-7-12(8-6-11)14(3,15)13(2)9-4-10-13/h5-8,15H,4,9-10H2,1-3H3. The molecule has 1 aromatic carbocycles. The van der Waals surface area contributed by atoms with Crippen LogP contribution in [0, 0.1) is 12.3 Å². The Bertz CT molecular complexity index is 344. The second kappa shape index (κ2) is 3.34. The molecular weight excluding hydrogens is 184 g/mol.